The highest BCUT2D eigenvalue weighted by Gasteiger charge is 2.21. The van der Waals surface area contributed by atoms with Crippen LogP contribution in [0.3, 0.4) is 0 Å². The van der Waals surface area contributed by atoms with Gasteiger partial charge in [0.15, 0.2) is 5.58 Å². The van der Waals surface area contributed by atoms with Gasteiger partial charge in [0, 0.05) is 53.3 Å². The summed E-state index contributed by atoms with van der Waals surface area (Å²) in [5, 5.41) is 9.44. The number of hydrogen-bond acceptors (Lipinski definition) is 4. The van der Waals surface area contributed by atoms with Gasteiger partial charge in [-0.2, -0.15) is 0 Å². The van der Waals surface area contributed by atoms with Crippen molar-refractivity contribution >= 4 is 92.0 Å². The zero-order valence-corrected chi connectivity index (χ0v) is 29.3. The Morgan fingerprint density at radius 3 is 1.94 bits per heavy atom. The van der Waals surface area contributed by atoms with Gasteiger partial charge in [0.05, 0.1) is 5.69 Å². The normalized spacial score (nSPS) is 11.8. The first kappa shape index (κ1) is 29.9. The van der Waals surface area contributed by atoms with Gasteiger partial charge in [-0.05, 0) is 81.9 Å². The van der Waals surface area contributed by atoms with Gasteiger partial charge in [0.25, 0.3) is 0 Å². The van der Waals surface area contributed by atoms with E-state index in [0.717, 1.165) is 55.3 Å². The molecule has 0 radical (unpaired) electrons. The molecular weight excluding hydrogens is 665 g/mol. The van der Waals surface area contributed by atoms with Crippen LogP contribution in [0.4, 0.5) is 17.1 Å². The van der Waals surface area contributed by atoms with E-state index in [9.17, 15) is 0 Å². The van der Waals surface area contributed by atoms with Crippen LogP contribution in [0.2, 0.25) is 0 Å². The van der Waals surface area contributed by atoms with Crippen molar-refractivity contribution < 1.29 is 4.42 Å². The van der Waals surface area contributed by atoms with Crippen LogP contribution in [-0.2, 0) is 0 Å². The summed E-state index contributed by atoms with van der Waals surface area (Å²) < 4.78 is 9.21. The van der Waals surface area contributed by atoms with Gasteiger partial charge in [-0.3, -0.25) is 0 Å². The summed E-state index contributed by atoms with van der Waals surface area (Å²) in [6.07, 6.45) is 0. The lowest BCUT2D eigenvalue weighted by Crippen LogP contribution is -2.10. The second-order valence-electron chi connectivity index (χ2n) is 13.5. The summed E-state index contributed by atoms with van der Waals surface area (Å²) in [6, 6.07) is 65.2. The van der Waals surface area contributed by atoms with Crippen molar-refractivity contribution in [3.63, 3.8) is 0 Å². The fourth-order valence-electron chi connectivity index (χ4n) is 8.00. The third-order valence-electron chi connectivity index (χ3n) is 10.4. The topological polar surface area (TPSA) is 29.3 Å². The Hall–Kier alpha value is -6.75. The van der Waals surface area contributed by atoms with Gasteiger partial charge in [0.2, 0.25) is 5.89 Å². The zero-order chi connectivity index (χ0) is 34.9. The average Bonchev–Trinajstić information content (AvgIpc) is 3.83. The molecule has 0 amide bonds. The third kappa shape index (κ3) is 4.84. The number of hydrogen-bond donors (Lipinski definition) is 0. The molecule has 0 N–H and O–H groups in total. The number of rotatable bonds is 5. The van der Waals surface area contributed by atoms with Crippen LogP contribution < -0.4 is 4.90 Å². The maximum absolute atomic E-state index is 6.64. The van der Waals surface area contributed by atoms with E-state index >= 15 is 0 Å². The molecule has 248 valence electrons. The molecule has 4 heteroatoms. The molecule has 0 saturated carbocycles. The Morgan fingerprint density at radius 2 is 1.09 bits per heavy atom. The Kier molecular flexibility index (Phi) is 6.73. The van der Waals surface area contributed by atoms with Crippen LogP contribution >= 0.6 is 11.3 Å². The first-order chi connectivity index (χ1) is 26.3. The van der Waals surface area contributed by atoms with Crippen molar-refractivity contribution in [3.05, 3.63) is 182 Å². The van der Waals surface area contributed by atoms with Crippen LogP contribution in [0.25, 0.3) is 86.2 Å². The lowest BCUT2D eigenvalue weighted by Gasteiger charge is -2.28. The van der Waals surface area contributed by atoms with Crippen LogP contribution in [0.1, 0.15) is 0 Å². The van der Waals surface area contributed by atoms with E-state index in [4.69, 9.17) is 9.40 Å². The van der Waals surface area contributed by atoms with Crippen molar-refractivity contribution in [1.29, 1.82) is 0 Å². The largest absolute Gasteiger partial charge is 0.435 e. The number of nitrogens with zero attached hydrogens (tertiary/aromatic N) is 2. The molecule has 11 rings (SSSR count). The summed E-state index contributed by atoms with van der Waals surface area (Å²) >= 11 is 1.85. The summed E-state index contributed by atoms with van der Waals surface area (Å²) in [5.41, 5.74) is 8.33. The second kappa shape index (κ2) is 11.9. The van der Waals surface area contributed by atoms with E-state index in [2.05, 4.69) is 157 Å². The minimum atomic E-state index is 0.632. The molecule has 0 bridgehead atoms. The minimum absolute atomic E-state index is 0.632. The third-order valence-corrected chi connectivity index (χ3v) is 11.6. The summed E-state index contributed by atoms with van der Waals surface area (Å²) in [7, 11) is 0. The molecular formula is C49H30N2OS. The molecule has 3 nitrogen and oxygen atoms in total. The Bertz CT molecular complexity index is 3180. The van der Waals surface area contributed by atoms with E-state index in [1.54, 1.807) is 0 Å². The van der Waals surface area contributed by atoms with Crippen molar-refractivity contribution in [2.75, 3.05) is 4.90 Å². The van der Waals surface area contributed by atoms with E-state index in [0.29, 0.717) is 5.89 Å². The first-order valence-electron chi connectivity index (χ1n) is 17.9. The highest BCUT2D eigenvalue weighted by atomic mass is 32.1. The molecule has 2 heterocycles. The molecule has 0 unspecified atom stereocenters. The highest BCUT2D eigenvalue weighted by Crippen LogP contribution is 2.47. The zero-order valence-electron chi connectivity index (χ0n) is 28.5. The van der Waals surface area contributed by atoms with Gasteiger partial charge >= 0.3 is 0 Å². The van der Waals surface area contributed by atoms with E-state index in [1.165, 1.54) is 42.1 Å². The standard InChI is InChI=1S/C49H30N2OS/c1-3-12-31(13-4-1)34-16-11-17-36(28-34)51(37-25-26-40-39-19-9-10-21-44(39)53-45(40)30-37)43-29-35-23-22-32-24-27-42-48(52-49(50-42)33-14-5-2-6-15-33)47(32)46(35)41-20-8-7-18-38(41)43/h1-30H. The van der Waals surface area contributed by atoms with Crippen molar-refractivity contribution in [2.24, 2.45) is 0 Å². The lowest BCUT2D eigenvalue weighted by atomic mass is 9.94. The van der Waals surface area contributed by atoms with Crippen LogP contribution in [0, 0.1) is 0 Å². The molecule has 0 aliphatic rings. The van der Waals surface area contributed by atoms with Gasteiger partial charge in [-0.15, -0.1) is 11.3 Å². The number of aromatic nitrogens is 1. The van der Waals surface area contributed by atoms with E-state index in [1.807, 2.05) is 41.7 Å². The number of benzene rings is 9. The van der Waals surface area contributed by atoms with Crippen molar-refractivity contribution in [1.82, 2.24) is 4.98 Å². The monoisotopic (exact) mass is 694 g/mol. The fourth-order valence-corrected chi connectivity index (χ4v) is 9.14. The summed E-state index contributed by atoms with van der Waals surface area (Å²) in [5.74, 6) is 0.632. The van der Waals surface area contributed by atoms with Crippen LogP contribution in [0.15, 0.2) is 186 Å². The van der Waals surface area contributed by atoms with Gasteiger partial charge in [0.1, 0.15) is 5.52 Å². The SMILES string of the molecule is c1ccc(-c2cccc(N(c3ccc4c(c3)sc3ccccc34)c3cc4ccc5ccc6nc(-c7ccccc7)oc6c5c4c4ccccc34)c2)cc1. The predicted octanol–water partition coefficient (Wildman–Crippen LogP) is 14.5. The average molecular weight is 695 g/mol. The molecule has 11 aromatic rings. The predicted molar refractivity (Wildman–Crippen MR) is 225 cm³/mol. The molecule has 0 aliphatic heterocycles. The quantitative estimate of drug-likeness (QED) is 0.168. The number of oxazole rings is 1. The molecule has 0 atom stereocenters. The molecule has 0 fully saturated rings. The van der Waals surface area contributed by atoms with Crippen LogP contribution in [0.5, 0.6) is 0 Å². The lowest BCUT2D eigenvalue weighted by molar-refractivity contribution is 0.623. The Labute approximate surface area is 309 Å². The maximum Gasteiger partial charge on any atom is 0.227 e. The molecule has 0 spiro atoms. The van der Waals surface area contributed by atoms with Gasteiger partial charge in [-0.25, -0.2) is 4.98 Å². The highest BCUT2D eigenvalue weighted by molar-refractivity contribution is 7.25. The van der Waals surface area contributed by atoms with Crippen molar-refractivity contribution in [3.8, 4) is 22.6 Å². The molecule has 0 saturated heterocycles. The second-order valence-corrected chi connectivity index (χ2v) is 14.6. The van der Waals surface area contributed by atoms with E-state index < -0.39 is 0 Å². The number of thiophene rings is 1. The van der Waals surface area contributed by atoms with Gasteiger partial charge in [-0.1, -0.05) is 127 Å². The molecule has 9 aromatic carbocycles. The summed E-state index contributed by atoms with van der Waals surface area (Å²) in [6.45, 7) is 0. The van der Waals surface area contributed by atoms with Crippen molar-refractivity contribution in [2.45, 2.75) is 0 Å². The molecule has 53 heavy (non-hydrogen) atoms. The fraction of sp³-hybridized carbons (Fsp3) is 0. The smallest absolute Gasteiger partial charge is 0.227 e. The number of fused-ring (bicyclic) bond motifs is 10. The Morgan fingerprint density at radius 1 is 0.434 bits per heavy atom. The Balaban J connectivity index is 1.20. The first-order valence-corrected chi connectivity index (χ1v) is 18.7. The maximum atomic E-state index is 6.64. The minimum Gasteiger partial charge on any atom is -0.435 e. The molecule has 2 aromatic heterocycles. The summed E-state index contributed by atoms with van der Waals surface area (Å²) in [4.78, 5) is 7.38. The van der Waals surface area contributed by atoms with E-state index in [-0.39, 0.29) is 0 Å². The van der Waals surface area contributed by atoms with Gasteiger partial charge < -0.3 is 9.32 Å². The number of anilines is 3. The van der Waals surface area contributed by atoms with Crippen LogP contribution in [-0.4, -0.2) is 4.98 Å². The molecule has 0 aliphatic carbocycles.